The van der Waals surface area contributed by atoms with Gasteiger partial charge in [0.2, 0.25) is 5.91 Å². The number of hydrogen-bond acceptors (Lipinski definition) is 3. The van der Waals surface area contributed by atoms with Gasteiger partial charge in [-0.1, -0.05) is 44.0 Å². The Morgan fingerprint density at radius 2 is 1.90 bits per heavy atom. The monoisotopic (exact) mass is 330 g/mol. The molecule has 1 aromatic carbocycles. The standard InChI is InChI=1S/C13H12Cl2N2O2S/c1-13(2,3)11(19)17-10(18)7-4-6(14)5-8(15)9(7)16-12(17)20/h4-5H,1-3H3,(H,16,20). The molecule has 0 amide bonds. The van der Waals surface area contributed by atoms with Crippen LogP contribution in [0.5, 0.6) is 0 Å². The van der Waals surface area contributed by atoms with Gasteiger partial charge in [0.05, 0.1) is 15.9 Å². The summed E-state index contributed by atoms with van der Waals surface area (Å²) in [5.41, 5.74) is -0.876. The van der Waals surface area contributed by atoms with Gasteiger partial charge in [0.25, 0.3) is 5.56 Å². The van der Waals surface area contributed by atoms with Gasteiger partial charge in [0.15, 0.2) is 4.77 Å². The van der Waals surface area contributed by atoms with Crippen LogP contribution in [0.2, 0.25) is 10.0 Å². The molecule has 2 rings (SSSR count). The van der Waals surface area contributed by atoms with Crippen molar-refractivity contribution in [1.29, 1.82) is 0 Å². The summed E-state index contributed by atoms with van der Waals surface area (Å²) in [5, 5.41) is 0.833. The first-order valence-corrected chi connectivity index (χ1v) is 6.98. The Bertz CT molecular complexity index is 831. The summed E-state index contributed by atoms with van der Waals surface area (Å²) in [5.74, 6) is -0.387. The van der Waals surface area contributed by atoms with Crippen molar-refractivity contribution in [3.8, 4) is 0 Å². The molecular formula is C13H12Cl2N2O2S. The van der Waals surface area contributed by atoms with E-state index >= 15 is 0 Å². The van der Waals surface area contributed by atoms with Crippen molar-refractivity contribution in [3.05, 3.63) is 37.3 Å². The van der Waals surface area contributed by atoms with Crippen molar-refractivity contribution >= 4 is 52.2 Å². The molecule has 0 radical (unpaired) electrons. The first kappa shape index (κ1) is 15.2. The first-order valence-electron chi connectivity index (χ1n) is 5.82. The zero-order valence-electron chi connectivity index (χ0n) is 11.1. The van der Waals surface area contributed by atoms with E-state index in [4.69, 9.17) is 35.4 Å². The summed E-state index contributed by atoms with van der Waals surface area (Å²) >= 11 is 17.0. The van der Waals surface area contributed by atoms with Crippen molar-refractivity contribution in [3.63, 3.8) is 0 Å². The molecule has 0 fully saturated rings. The zero-order chi connectivity index (χ0) is 15.2. The molecule has 20 heavy (non-hydrogen) atoms. The van der Waals surface area contributed by atoms with E-state index in [0.717, 1.165) is 4.57 Å². The highest BCUT2D eigenvalue weighted by atomic mass is 35.5. The van der Waals surface area contributed by atoms with E-state index in [9.17, 15) is 9.59 Å². The number of carbonyl (C=O) groups excluding carboxylic acids is 1. The third kappa shape index (κ3) is 2.53. The average Bonchev–Trinajstić information content (AvgIpc) is 2.29. The van der Waals surface area contributed by atoms with Crippen molar-refractivity contribution in [2.75, 3.05) is 0 Å². The second-order valence-corrected chi connectivity index (χ2v) is 6.67. The Morgan fingerprint density at radius 3 is 2.45 bits per heavy atom. The maximum atomic E-state index is 12.5. The smallest absolute Gasteiger partial charge is 0.269 e. The summed E-state index contributed by atoms with van der Waals surface area (Å²) in [6, 6.07) is 2.97. The number of hydrogen-bond donors (Lipinski definition) is 1. The Morgan fingerprint density at radius 1 is 1.30 bits per heavy atom. The van der Waals surface area contributed by atoms with E-state index in [2.05, 4.69) is 4.98 Å². The number of benzene rings is 1. The molecule has 0 unspecified atom stereocenters. The van der Waals surface area contributed by atoms with Gasteiger partial charge < -0.3 is 4.98 Å². The number of halogens is 2. The molecular weight excluding hydrogens is 319 g/mol. The largest absolute Gasteiger partial charge is 0.330 e. The summed E-state index contributed by atoms with van der Waals surface area (Å²) in [4.78, 5) is 27.6. The second kappa shape index (κ2) is 4.98. The summed E-state index contributed by atoms with van der Waals surface area (Å²) < 4.78 is 0.969. The first-order chi connectivity index (χ1) is 9.12. The van der Waals surface area contributed by atoms with Gasteiger partial charge in [-0.05, 0) is 24.4 Å². The lowest BCUT2D eigenvalue weighted by Gasteiger charge is -2.18. The molecule has 106 valence electrons. The highest BCUT2D eigenvalue weighted by Gasteiger charge is 2.26. The number of aromatic nitrogens is 2. The Balaban J connectivity index is 2.93. The molecule has 0 atom stereocenters. The minimum absolute atomic E-state index is 0.0200. The molecule has 1 N–H and O–H groups in total. The molecule has 0 aliphatic carbocycles. The van der Waals surface area contributed by atoms with Crippen molar-refractivity contribution in [1.82, 2.24) is 9.55 Å². The third-order valence-electron chi connectivity index (χ3n) is 2.77. The van der Waals surface area contributed by atoms with Crippen molar-refractivity contribution in [2.24, 2.45) is 5.41 Å². The number of fused-ring (bicyclic) bond motifs is 1. The predicted molar refractivity (Wildman–Crippen MR) is 83.5 cm³/mol. The molecule has 1 heterocycles. The number of nitrogens with one attached hydrogen (secondary N) is 1. The molecule has 2 aromatic rings. The summed E-state index contributed by atoms with van der Waals surface area (Å²) in [6.45, 7) is 5.14. The van der Waals surface area contributed by atoms with Crippen LogP contribution in [0.25, 0.3) is 10.9 Å². The van der Waals surface area contributed by atoms with E-state index in [1.54, 1.807) is 20.8 Å². The topological polar surface area (TPSA) is 54.9 Å². The zero-order valence-corrected chi connectivity index (χ0v) is 13.4. The highest BCUT2D eigenvalue weighted by molar-refractivity contribution is 7.71. The second-order valence-electron chi connectivity index (χ2n) is 5.44. The fourth-order valence-corrected chi connectivity index (χ4v) is 2.57. The SMILES string of the molecule is CC(C)(C)C(=O)n1c(=S)[nH]c2c(Cl)cc(Cl)cc2c1=O. The van der Waals surface area contributed by atoms with Crippen LogP contribution >= 0.6 is 35.4 Å². The molecule has 1 aromatic heterocycles. The summed E-state index contributed by atoms with van der Waals surface area (Å²) in [6.07, 6.45) is 0. The van der Waals surface area contributed by atoms with Gasteiger partial charge in [-0.25, -0.2) is 4.57 Å². The number of nitrogens with zero attached hydrogens (tertiary/aromatic N) is 1. The maximum absolute atomic E-state index is 12.5. The molecule has 4 nitrogen and oxygen atoms in total. The van der Waals surface area contributed by atoms with E-state index in [0.29, 0.717) is 10.5 Å². The quantitative estimate of drug-likeness (QED) is 0.741. The molecule has 0 aliphatic rings. The number of rotatable bonds is 0. The number of carbonyl (C=O) groups is 1. The highest BCUT2D eigenvalue weighted by Crippen LogP contribution is 2.25. The fraction of sp³-hybridized carbons (Fsp3) is 0.308. The fourth-order valence-electron chi connectivity index (χ4n) is 1.76. The van der Waals surface area contributed by atoms with E-state index in [-0.39, 0.29) is 21.1 Å². The Hall–Kier alpha value is -1.17. The molecule has 0 aliphatic heterocycles. The minimum Gasteiger partial charge on any atom is -0.330 e. The van der Waals surface area contributed by atoms with Crippen molar-refractivity contribution < 1.29 is 4.79 Å². The minimum atomic E-state index is -0.735. The number of aromatic amines is 1. The molecule has 0 bridgehead atoms. The van der Waals surface area contributed by atoms with Gasteiger partial charge >= 0.3 is 0 Å². The Labute approximate surface area is 130 Å². The van der Waals surface area contributed by atoms with Crippen molar-refractivity contribution in [2.45, 2.75) is 20.8 Å². The van der Waals surface area contributed by atoms with Crippen LogP contribution in [0.4, 0.5) is 0 Å². The lowest BCUT2D eigenvalue weighted by molar-refractivity contribution is 0.0759. The van der Waals surface area contributed by atoms with Gasteiger partial charge in [0, 0.05) is 10.4 Å². The van der Waals surface area contributed by atoms with E-state index < -0.39 is 11.0 Å². The predicted octanol–water partition coefficient (Wildman–Crippen LogP) is 4.05. The Kier molecular flexibility index (Phi) is 3.79. The van der Waals surface area contributed by atoms with Crippen LogP contribution in [-0.4, -0.2) is 15.5 Å². The lowest BCUT2D eigenvalue weighted by atomic mass is 9.95. The molecule has 0 saturated heterocycles. The van der Waals surface area contributed by atoms with Crippen LogP contribution in [0.1, 0.15) is 25.6 Å². The molecule has 0 saturated carbocycles. The maximum Gasteiger partial charge on any atom is 0.269 e. The van der Waals surface area contributed by atoms with Gasteiger partial charge in [-0.3, -0.25) is 9.59 Å². The van der Waals surface area contributed by atoms with Crippen LogP contribution in [0, 0.1) is 10.2 Å². The van der Waals surface area contributed by atoms with Crippen LogP contribution in [0.15, 0.2) is 16.9 Å². The van der Waals surface area contributed by atoms with Crippen LogP contribution in [0.3, 0.4) is 0 Å². The third-order valence-corrected chi connectivity index (χ3v) is 3.57. The van der Waals surface area contributed by atoms with Gasteiger partial charge in [0.1, 0.15) is 0 Å². The average molecular weight is 331 g/mol. The molecule has 7 heteroatoms. The van der Waals surface area contributed by atoms with Crippen LogP contribution in [-0.2, 0) is 0 Å². The van der Waals surface area contributed by atoms with E-state index in [1.165, 1.54) is 12.1 Å². The number of H-pyrrole nitrogens is 1. The normalized spacial score (nSPS) is 11.8. The van der Waals surface area contributed by atoms with E-state index in [1.807, 2.05) is 0 Å². The van der Waals surface area contributed by atoms with Gasteiger partial charge in [-0.2, -0.15) is 0 Å². The summed E-state index contributed by atoms with van der Waals surface area (Å²) in [7, 11) is 0. The lowest BCUT2D eigenvalue weighted by Crippen LogP contribution is -2.36. The van der Waals surface area contributed by atoms with Gasteiger partial charge in [-0.15, -0.1) is 0 Å². The van der Waals surface area contributed by atoms with Crippen LogP contribution < -0.4 is 5.56 Å². The molecule has 0 spiro atoms.